The van der Waals surface area contributed by atoms with Gasteiger partial charge in [0, 0.05) is 32.2 Å². The summed E-state index contributed by atoms with van der Waals surface area (Å²) in [4.78, 5) is 9.56. The normalized spacial score (nSPS) is 21.8. The fourth-order valence-corrected chi connectivity index (χ4v) is 2.62. The van der Waals surface area contributed by atoms with E-state index in [0.717, 1.165) is 30.6 Å². The number of anilines is 1. The Balaban J connectivity index is 1.64. The van der Waals surface area contributed by atoms with Crippen LogP contribution in [0.15, 0.2) is 18.2 Å². The van der Waals surface area contributed by atoms with Crippen LogP contribution >= 0.6 is 11.6 Å². The van der Waals surface area contributed by atoms with E-state index < -0.39 is 0 Å². The van der Waals surface area contributed by atoms with E-state index in [4.69, 9.17) is 11.6 Å². The van der Waals surface area contributed by atoms with Crippen LogP contribution < -0.4 is 4.90 Å². The summed E-state index contributed by atoms with van der Waals surface area (Å²) in [5, 5.41) is 0. The van der Waals surface area contributed by atoms with E-state index in [9.17, 15) is 0 Å². The van der Waals surface area contributed by atoms with E-state index in [1.165, 1.54) is 25.9 Å². The van der Waals surface area contributed by atoms with Crippen molar-refractivity contribution in [2.45, 2.75) is 24.8 Å². The first kappa shape index (κ1) is 11.3. The van der Waals surface area contributed by atoms with Gasteiger partial charge in [0.15, 0.2) is 0 Å². The summed E-state index contributed by atoms with van der Waals surface area (Å²) in [5.74, 6) is 1.58. The molecule has 3 rings (SSSR count). The Morgan fingerprint density at radius 1 is 1.18 bits per heavy atom. The summed E-state index contributed by atoms with van der Waals surface area (Å²) >= 11 is 5.82. The first-order valence-electron chi connectivity index (χ1n) is 6.38. The highest BCUT2D eigenvalue weighted by Gasteiger charge is 2.31. The number of hydrogen-bond acceptors (Lipinski definition) is 3. The van der Waals surface area contributed by atoms with Gasteiger partial charge in [-0.3, -0.25) is 4.90 Å². The minimum Gasteiger partial charge on any atom is -0.354 e. The van der Waals surface area contributed by atoms with Crippen molar-refractivity contribution in [1.29, 1.82) is 0 Å². The number of aromatic nitrogens is 1. The van der Waals surface area contributed by atoms with Crippen molar-refractivity contribution in [3.8, 4) is 0 Å². The Hall–Kier alpha value is -0.800. The quantitative estimate of drug-likeness (QED) is 0.767. The van der Waals surface area contributed by atoms with Crippen LogP contribution in [0.5, 0.6) is 0 Å². The maximum atomic E-state index is 5.82. The third-order valence-corrected chi connectivity index (χ3v) is 3.90. The lowest BCUT2D eigenvalue weighted by Crippen LogP contribution is -2.47. The van der Waals surface area contributed by atoms with E-state index >= 15 is 0 Å². The minimum absolute atomic E-state index is 0.496. The molecule has 2 aliphatic rings. The molecule has 0 amide bonds. The van der Waals surface area contributed by atoms with Crippen LogP contribution in [0.4, 0.5) is 5.82 Å². The van der Waals surface area contributed by atoms with Crippen LogP contribution in [-0.4, -0.2) is 42.1 Å². The van der Waals surface area contributed by atoms with E-state index in [0.29, 0.717) is 5.88 Å². The maximum absolute atomic E-state index is 5.82. The van der Waals surface area contributed by atoms with Crippen molar-refractivity contribution in [3.05, 3.63) is 23.9 Å². The number of rotatable bonds is 3. The van der Waals surface area contributed by atoms with Crippen LogP contribution in [-0.2, 0) is 5.88 Å². The molecular formula is C13H18ClN3. The molecule has 1 aromatic rings. The average Bonchev–Trinajstić information content (AvgIpc) is 3.23. The minimum atomic E-state index is 0.496. The molecule has 0 unspecified atom stereocenters. The topological polar surface area (TPSA) is 19.4 Å². The van der Waals surface area contributed by atoms with Crippen molar-refractivity contribution >= 4 is 17.4 Å². The molecule has 1 saturated heterocycles. The molecule has 4 heteroatoms. The molecule has 1 aliphatic carbocycles. The predicted octanol–water partition coefficient (Wildman–Crippen LogP) is 2.10. The zero-order valence-corrected chi connectivity index (χ0v) is 10.7. The Bertz CT molecular complexity index is 384. The Morgan fingerprint density at radius 3 is 2.59 bits per heavy atom. The van der Waals surface area contributed by atoms with Crippen molar-refractivity contribution in [1.82, 2.24) is 9.88 Å². The van der Waals surface area contributed by atoms with E-state index in [-0.39, 0.29) is 0 Å². The molecule has 17 heavy (non-hydrogen) atoms. The zero-order valence-electron chi connectivity index (χ0n) is 9.98. The van der Waals surface area contributed by atoms with E-state index in [2.05, 4.69) is 20.9 Å². The Morgan fingerprint density at radius 2 is 1.94 bits per heavy atom. The lowest BCUT2D eigenvalue weighted by atomic mass is 10.3. The summed E-state index contributed by atoms with van der Waals surface area (Å²) in [6.45, 7) is 4.54. The smallest absolute Gasteiger partial charge is 0.128 e. The Kier molecular flexibility index (Phi) is 3.21. The fourth-order valence-electron chi connectivity index (χ4n) is 2.47. The molecule has 0 radical (unpaired) electrons. The molecule has 2 heterocycles. The summed E-state index contributed by atoms with van der Waals surface area (Å²) in [6, 6.07) is 7.01. The molecule has 1 aliphatic heterocycles. The number of alkyl halides is 1. The van der Waals surface area contributed by atoms with E-state index in [1.54, 1.807) is 0 Å². The first-order valence-corrected chi connectivity index (χ1v) is 6.91. The lowest BCUT2D eigenvalue weighted by Gasteiger charge is -2.35. The second-order valence-corrected chi connectivity index (χ2v) is 5.14. The molecular weight excluding hydrogens is 234 g/mol. The third-order valence-electron chi connectivity index (χ3n) is 3.63. The molecule has 0 spiro atoms. The van der Waals surface area contributed by atoms with Gasteiger partial charge in [-0.1, -0.05) is 6.07 Å². The van der Waals surface area contributed by atoms with Crippen LogP contribution in [0, 0.1) is 0 Å². The highest BCUT2D eigenvalue weighted by molar-refractivity contribution is 6.16. The molecule has 2 fully saturated rings. The zero-order chi connectivity index (χ0) is 11.7. The summed E-state index contributed by atoms with van der Waals surface area (Å²) in [6.07, 6.45) is 2.81. The largest absolute Gasteiger partial charge is 0.354 e. The highest BCUT2D eigenvalue weighted by Crippen LogP contribution is 2.28. The third kappa shape index (κ3) is 2.55. The van der Waals surface area contributed by atoms with Gasteiger partial charge in [-0.2, -0.15) is 0 Å². The van der Waals surface area contributed by atoms with Gasteiger partial charge in [0.1, 0.15) is 5.82 Å². The molecule has 0 aromatic carbocycles. The lowest BCUT2D eigenvalue weighted by molar-refractivity contribution is 0.247. The van der Waals surface area contributed by atoms with E-state index in [1.807, 2.05) is 12.1 Å². The molecule has 0 atom stereocenters. The number of piperazine rings is 1. The second kappa shape index (κ2) is 4.83. The number of nitrogens with zero attached hydrogens (tertiary/aromatic N) is 3. The monoisotopic (exact) mass is 251 g/mol. The maximum Gasteiger partial charge on any atom is 0.128 e. The summed E-state index contributed by atoms with van der Waals surface area (Å²) in [7, 11) is 0. The fraction of sp³-hybridized carbons (Fsp3) is 0.615. The standard InChI is InChI=1S/C13H18ClN3/c14-10-11-2-1-3-13(15-11)17-8-6-16(7-9-17)12-4-5-12/h1-3,12H,4-10H2. The Labute approximate surface area is 107 Å². The van der Waals surface area contributed by atoms with Crippen LogP contribution in [0.1, 0.15) is 18.5 Å². The molecule has 1 aromatic heterocycles. The van der Waals surface area contributed by atoms with Gasteiger partial charge in [0.05, 0.1) is 11.6 Å². The van der Waals surface area contributed by atoms with Gasteiger partial charge in [0.2, 0.25) is 0 Å². The second-order valence-electron chi connectivity index (χ2n) is 4.87. The number of hydrogen-bond donors (Lipinski definition) is 0. The van der Waals surface area contributed by atoms with Crippen molar-refractivity contribution in [3.63, 3.8) is 0 Å². The van der Waals surface area contributed by atoms with Crippen LogP contribution in [0.25, 0.3) is 0 Å². The molecule has 1 saturated carbocycles. The van der Waals surface area contributed by atoms with Crippen LogP contribution in [0.2, 0.25) is 0 Å². The van der Waals surface area contributed by atoms with Gasteiger partial charge in [0.25, 0.3) is 0 Å². The van der Waals surface area contributed by atoms with Gasteiger partial charge < -0.3 is 4.90 Å². The first-order chi connectivity index (χ1) is 8.36. The predicted molar refractivity (Wildman–Crippen MR) is 70.6 cm³/mol. The average molecular weight is 252 g/mol. The highest BCUT2D eigenvalue weighted by atomic mass is 35.5. The summed E-state index contributed by atoms with van der Waals surface area (Å²) in [5.41, 5.74) is 0.966. The number of halogens is 1. The SMILES string of the molecule is ClCc1cccc(N2CCN(C3CC3)CC2)n1. The van der Waals surface area contributed by atoms with Gasteiger partial charge >= 0.3 is 0 Å². The number of pyridine rings is 1. The molecule has 92 valence electrons. The molecule has 3 nitrogen and oxygen atoms in total. The summed E-state index contributed by atoms with van der Waals surface area (Å²) < 4.78 is 0. The van der Waals surface area contributed by atoms with Crippen molar-refractivity contribution in [2.24, 2.45) is 0 Å². The van der Waals surface area contributed by atoms with Gasteiger partial charge in [-0.25, -0.2) is 4.98 Å². The molecule has 0 bridgehead atoms. The van der Waals surface area contributed by atoms with Gasteiger partial charge in [-0.15, -0.1) is 11.6 Å². The van der Waals surface area contributed by atoms with Crippen LogP contribution in [0.3, 0.4) is 0 Å². The van der Waals surface area contributed by atoms with Crippen molar-refractivity contribution < 1.29 is 0 Å². The van der Waals surface area contributed by atoms with Gasteiger partial charge in [-0.05, 0) is 25.0 Å². The van der Waals surface area contributed by atoms with Crippen molar-refractivity contribution in [2.75, 3.05) is 31.1 Å². The molecule has 0 N–H and O–H groups in total.